The van der Waals surface area contributed by atoms with E-state index in [1.165, 1.54) is 5.57 Å². The van der Waals surface area contributed by atoms with Crippen LogP contribution in [0.1, 0.15) is 46.5 Å². The number of para-hydroxylation sites is 1. The molecule has 0 aliphatic rings. The molecule has 0 fully saturated rings. The van der Waals surface area contributed by atoms with Crippen molar-refractivity contribution in [3.63, 3.8) is 0 Å². The Labute approximate surface area is 129 Å². The summed E-state index contributed by atoms with van der Waals surface area (Å²) in [6.07, 6.45) is 10.1. The fourth-order valence-corrected chi connectivity index (χ4v) is 2.18. The van der Waals surface area contributed by atoms with Gasteiger partial charge in [-0.2, -0.15) is 0 Å². The maximum absolute atomic E-state index is 12.3. The lowest BCUT2D eigenvalue weighted by molar-refractivity contribution is -0.117. The number of amides is 1. The number of carbonyl (C=O) groups is 1. The zero-order chi connectivity index (χ0) is 15.5. The SMILES string of the molecule is CC/C=C/CC/C(C)=C/CC(=O)N(CC)c1ccccc1. The Bertz CT molecular complexity index is 474. The van der Waals surface area contributed by atoms with Crippen LogP contribution in [-0.2, 0) is 4.79 Å². The topological polar surface area (TPSA) is 20.3 Å². The molecule has 2 nitrogen and oxygen atoms in total. The highest BCUT2D eigenvalue weighted by molar-refractivity contribution is 5.94. The highest BCUT2D eigenvalue weighted by Crippen LogP contribution is 2.15. The van der Waals surface area contributed by atoms with Gasteiger partial charge in [0, 0.05) is 18.7 Å². The van der Waals surface area contributed by atoms with E-state index in [4.69, 9.17) is 0 Å². The molecule has 1 aromatic rings. The molecule has 0 saturated heterocycles. The van der Waals surface area contributed by atoms with E-state index in [1.54, 1.807) is 0 Å². The Balaban J connectivity index is 2.53. The summed E-state index contributed by atoms with van der Waals surface area (Å²) in [6, 6.07) is 9.86. The van der Waals surface area contributed by atoms with E-state index >= 15 is 0 Å². The molecule has 21 heavy (non-hydrogen) atoms. The predicted molar refractivity (Wildman–Crippen MR) is 91.5 cm³/mol. The summed E-state index contributed by atoms with van der Waals surface area (Å²) in [4.78, 5) is 14.2. The van der Waals surface area contributed by atoms with Crippen molar-refractivity contribution in [2.75, 3.05) is 11.4 Å². The van der Waals surface area contributed by atoms with Crippen molar-refractivity contribution < 1.29 is 4.79 Å². The summed E-state index contributed by atoms with van der Waals surface area (Å²) < 4.78 is 0. The van der Waals surface area contributed by atoms with Crippen LogP contribution in [0.5, 0.6) is 0 Å². The molecule has 0 N–H and O–H groups in total. The molecule has 0 aliphatic carbocycles. The molecule has 0 bridgehead atoms. The first-order chi connectivity index (χ1) is 10.2. The highest BCUT2D eigenvalue weighted by atomic mass is 16.2. The monoisotopic (exact) mass is 285 g/mol. The van der Waals surface area contributed by atoms with Gasteiger partial charge in [0.05, 0.1) is 0 Å². The van der Waals surface area contributed by atoms with Crippen molar-refractivity contribution in [1.29, 1.82) is 0 Å². The molecule has 0 heterocycles. The van der Waals surface area contributed by atoms with E-state index in [1.807, 2.05) is 42.2 Å². The van der Waals surface area contributed by atoms with Crippen molar-refractivity contribution in [1.82, 2.24) is 0 Å². The molecule has 0 spiro atoms. The van der Waals surface area contributed by atoms with Gasteiger partial charge in [-0.25, -0.2) is 0 Å². The van der Waals surface area contributed by atoms with Crippen LogP contribution in [0.3, 0.4) is 0 Å². The average molecular weight is 285 g/mol. The fourth-order valence-electron chi connectivity index (χ4n) is 2.18. The maximum atomic E-state index is 12.3. The number of benzene rings is 1. The zero-order valence-corrected chi connectivity index (χ0v) is 13.5. The maximum Gasteiger partial charge on any atom is 0.230 e. The van der Waals surface area contributed by atoms with Gasteiger partial charge in [0.15, 0.2) is 0 Å². The zero-order valence-electron chi connectivity index (χ0n) is 13.5. The molecular formula is C19H27NO. The number of carbonyl (C=O) groups excluding carboxylic acids is 1. The summed E-state index contributed by atoms with van der Waals surface area (Å²) in [6.45, 7) is 6.96. The fraction of sp³-hybridized carbons (Fsp3) is 0.421. The second-order valence-electron chi connectivity index (χ2n) is 5.15. The van der Waals surface area contributed by atoms with Gasteiger partial charge in [0.2, 0.25) is 5.91 Å². The largest absolute Gasteiger partial charge is 0.312 e. The van der Waals surface area contributed by atoms with E-state index < -0.39 is 0 Å². The van der Waals surface area contributed by atoms with Crippen LogP contribution in [-0.4, -0.2) is 12.5 Å². The minimum atomic E-state index is 0.159. The van der Waals surface area contributed by atoms with Gasteiger partial charge in [0.25, 0.3) is 0 Å². The second kappa shape index (κ2) is 9.98. The van der Waals surface area contributed by atoms with Gasteiger partial charge in [-0.05, 0) is 45.2 Å². The third-order valence-electron chi connectivity index (χ3n) is 3.42. The van der Waals surface area contributed by atoms with Gasteiger partial charge in [0.1, 0.15) is 0 Å². The van der Waals surface area contributed by atoms with Gasteiger partial charge >= 0.3 is 0 Å². The Morgan fingerprint density at radius 1 is 1.14 bits per heavy atom. The van der Waals surface area contributed by atoms with E-state index in [-0.39, 0.29) is 5.91 Å². The molecule has 0 aromatic heterocycles. The lowest BCUT2D eigenvalue weighted by atomic mass is 10.1. The highest BCUT2D eigenvalue weighted by Gasteiger charge is 2.11. The number of nitrogens with zero attached hydrogens (tertiary/aromatic N) is 1. The third-order valence-corrected chi connectivity index (χ3v) is 3.42. The number of rotatable bonds is 8. The molecule has 1 aromatic carbocycles. The Hall–Kier alpha value is -1.83. The van der Waals surface area contributed by atoms with E-state index in [0.29, 0.717) is 13.0 Å². The Kier molecular flexibility index (Phi) is 8.18. The third kappa shape index (κ3) is 6.44. The van der Waals surface area contributed by atoms with Crippen LogP contribution >= 0.6 is 0 Å². The first-order valence-corrected chi connectivity index (χ1v) is 7.85. The number of hydrogen-bond donors (Lipinski definition) is 0. The molecule has 1 rings (SSSR count). The summed E-state index contributed by atoms with van der Waals surface area (Å²) in [5.74, 6) is 0.159. The van der Waals surface area contributed by atoms with Crippen LogP contribution in [0, 0.1) is 0 Å². The smallest absolute Gasteiger partial charge is 0.230 e. The van der Waals surface area contributed by atoms with E-state index in [9.17, 15) is 4.79 Å². The second-order valence-corrected chi connectivity index (χ2v) is 5.15. The van der Waals surface area contributed by atoms with Crippen molar-refractivity contribution in [3.8, 4) is 0 Å². The van der Waals surface area contributed by atoms with E-state index in [2.05, 4.69) is 32.1 Å². The molecule has 0 radical (unpaired) electrons. The minimum Gasteiger partial charge on any atom is -0.312 e. The summed E-state index contributed by atoms with van der Waals surface area (Å²) in [5, 5.41) is 0. The van der Waals surface area contributed by atoms with Crippen LogP contribution < -0.4 is 4.90 Å². The number of anilines is 1. The summed E-state index contributed by atoms with van der Waals surface area (Å²) in [7, 11) is 0. The average Bonchev–Trinajstić information content (AvgIpc) is 2.51. The molecule has 114 valence electrons. The van der Waals surface area contributed by atoms with E-state index in [0.717, 1.165) is 24.9 Å². The molecule has 2 heteroatoms. The van der Waals surface area contributed by atoms with Gasteiger partial charge < -0.3 is 4.90 Å². The Morgan fingerprint density at radius 3 is 2.48 bits per heavy atom. The molecule has 0 aliphatic heterocycles. The summed E-state index contributed by atoms with van der Waals surface area (Å²) in [5.41, 5.74) is 2.26. The van der Waals surface area contributed by atoms with Gasteiger partial charge in [-0.3, -0.25) is 4.79 Å². The van der Waals surface area contributed by atoms with Gasteiger partial charge in [-0.1, -0.05) is 48.9 Å². The summed E-state index contributed by atoms with van der Waals surface area (Å²) >= 11 is 0. The van der Waals surface area contributed by atoms with Crippen LogP contribution in [0.15, 0.2) is 54.1 Å². The lowest BCUT2D eigenvalue weighted by Crippen LogP contribution is -2.29. The lowest BCUT2D eigenvalue weighted by Gasteiger charge is -2.20. The van der Waals surface area contributed by atoms with Gasteiger partial charge in [-0.15, -0.1) is 0 Å². The Morgan fingerprint density at radius 2 is 1.86 bits per heavy atom. The molecule has 0 atom stereocenters. The van der Waals surface area contributed by atoms with Crippen molar-refractivity contribution in [2.45, 2.75) is 46.5 Å². The molecule has 1 amide bonds. The number of hydrogen-bond acceptors (Lipinski definition) is 1. The molecular weight excluding hydrogens is 258 g/mol. The first kappa shape index (κ1) is 17.2. The number of allylic oxidation sites excluding steroid dienone is 3. The quantitative estimate of drug-likeness (QED) is 0.607. The van der Waals surface area contributed by atoms with Crippen molar-refractivity contribution in [3.05, 3.63) is 54.1 Å². The molecule has 0 saturated carbocycles. The minimum absolute atomic E-state index is 0.159. The van der Waals surface area contributed by atoms with Crippen LogP contribution in [0.4, 0.5) is 5.69 Å². The first-order valence-electron chi connectivity index (χ1n) is 7.85. The normalized spacial score (nSPS) is 11.9. The van der Waals surface area contributed by atoms with Crippen molar-refractivity contribution >= 4 is 11.6 Å². The van der Waals surface area contributed by atoms with Crippen LogP contribution in [0.2, 0.25) is 0 Å². The standard InChI is InChI=1S/C19H27NO/c1-4-6-7-9-12-17(3)15-16-19(21)20(5-2)18-13-10-8-11-14-18/h6-8,10-11,13-15H,4-5,9,12,16H2,1-3H3/b7-6+,17-15+. The van der Waals surface area contributed by atoms with Crippen LogP contribution in [0.25, 0.3) is 0 Å². The molecule has 0 unspecified atom stereocenters. The van der Waals surface area contributed by atoms with Crippen molar-refractivity contribution in [2.24, 2.45) is 0 Å². The predicted octanol–water partition coefficient (Wildman–Crippen LogP) is 5.12.